The summed E-state index contributed by atoms with van der Waals surface area (Å²) in [5, 5.41) is 2.91. The van der Waals surface area contributed by atoms with Gasteiger partial charge in [-0.1, -0.05) is 60.1 Å². The van der Waals surface area contributed by atoms with Crippen molar-refractivity contribution in [2.24, 2.45) is 5.92 Å². The number of nitrogens with one attached hydrogen (secondary N) is 1. The van der Waals surface area contributed by atoms with Crippen LogP contribution in [0.4, 0.5) is 0 Å². The van der Waals surface area contributed by atoms with Gasteiger partial charge in [0, 0.05) is 17.6 Å². The number of hydrogen-bond acceptors (Lipinski definition) is 3. The second-order valence-corrected chi connectivity index (χ2v) is 8.44. The molecule has 0 aromatic heterocycles. The summed E-state index contributed by atoms with van der Waals surface area (Å²) in [6, 6.07) is 14.7. The smallest absolute Gasteiger partial charge is 0.261 e. The van der Waals surface area contributed by atoms with Gasteiger partial charge in [-0.25, -0.2) is 0 Å². The average molecular weight is 461 g/mol. The number of amides is 2. The maximum absolute atomic E-state index is 13.0. The summed E-state index contributed by atoms with van der Waals surface area (Å²) in [4.78, 5) is 27.2. The molecular weight excluding hydrogens is 432 g/mol. The Balaban J connectivity index is 2.14. The summed E-state index contributed by atoms with van der Waals surface area (Å²) in [7, 11) is 0. The highest BCUT2D eigenvalue weighted by Crippen LogP contribution is 2.18. The van der Waals surface area contributed by atoms with E-state index in [2.05, 4.69) is 21.2 Å². The fraction of sp³-hybridized carbons (Fsp3) is 0.391. The second kappa shape index (κ2) is 11.0. The van der Waals surface area contributed by atoms with Crippen LogP contribution in [0, 0.1) is 12.8 Å². The van der Waals surface area contributed by atoms with Crippen LogP contribution in [0.5, 0.6) is 5.75 Å². The molecule has 0 aliphatic carbocycles. The molecule has 2 aromatic rings. The molecule has 29 heavy (non-hydrogen) atoms. The zero-order valence-corrected chi connectivity index (χ0v) is 19.0. The third kappa shape index (κ3) is 7.20. The zero-order chi connectivity index (χ0) is 21.4. The predicted octanol–water partition coefficient (Wildman–Crippen LogP) is 4.33. The number of carbonyl (C=O) groups excluding carboxylic acids is 2. The molecule has 1 N–H and O–H groups in total. The van der Waals surface area contributed by atoms with E-state index in [0.717, 1.165) is 15.6 Å². The van der Waals surface area contributed by atoms with Gasteiger partial charge >= 0.3 is 0 Å². The lowest BCUT2D eigenvalue weighted by Crippen LogP contribution is -2.49. The Labute approximate surface area is 181 Å². The number of benzene rings is 2. The highest BCUT2D eigenvalue weighted by molar-refractivity contribution is 9.10. The third-order valence-electron chi connectivity index (χ3n) is 4.54. The predicted molar refractivity (Wildman–Crippen MR) is 119 cm³/mol. The normalized spacial score (nSPS) is 11.8. The zero-order valence-electron chi connectivity index (χ0n) is 17.4. The summed E-state index contributed by atoms with van der Waals surface area (Å²) in [6.45, 7) is 8.52. The molecule has 0 aliphatic heterocycles. The van der Waals surface area contributed by atoms with Crippen molar-refractivity contribution in [3.05, 3.63) is 64.1 Å². The van der Waals surface area contributed by atoms with Crippen molar-refractivity contribution in [3.63, 3.8) is 0 Å². The molecule has 1 unspecified atom stereocenters. The number of rotatable bonds is 9. The van der Waals surface area contributed by atoms with Gasteiger partial charge in [0.05, 0.1) is 0 Å². The van der Waals surface area contributed by atoms with Crippen LogP contribution in [0.3, 0.4) is 0 Å². The lowest BCUT2D eigenvalue weighted by atomic mass is 10.1. The summed E-state index contributed by atoms with van der Waals surface area (Å²) in [6.07, 6.45) is 0. The van der Waals surface area contributed by atoms with Gasteiger partial charge in [0.1, 0.15) is 11.8 Å². The molecule has 6 heteroatoms. The van der Waals surface area contributed by atoms with E-state index in [4.69, 9.17) is 4.74 Å². The molecule has 2 aromatic carbocycles. The van der Waals surface area contributed by atoms with Crippen molar-refractivity contribution >= 4 is 27.7 Å². The Kier molecular flexibility index (Phi) is 8.70. The van der Waals surface area contributed by atoms with Crippen molar-refractivity contribution in [2.45, 2.75) is 40.3 Å². The van der Waals surface area contributed by atoms with E-state index in [1.807, 2.05) is 69.3 Å². The number of ether oxygens (including phenoxy) is 1. The lowest BCUT2D eigenvalue weighted by Gasteiger charge is -2.29. The molecule has 0 aliphatic rings. The molecule has 0 heterocycles. The molecule has 0 fully saturated rings. The number of para-hydroxylation sites is 1. The molecule has 0 saturated heterocycles. The van der Waals surface area contributed by atoms with E-state index in [9.17, 15) is 9.59 Å². The molecule has 5 nitrogen and oxygen atoms in total. The molecule has 0 bridgehead atoms. The van der Waals surface area contributed by atoms with Crippen molar-refractivity contribution in [3.8, 4) is 5.75 Å². The minimum Gasteiger partial charge on any atom is -0.484 e. The third-order valence-corrected chi connectivity index (χ3v) is 5.03. The van der Waals surface area contributed by atoms with Gasteiger partial charge in [-0.3, -0.25) is 9.59 Å². The van der Waals surface area contributed by atoms with E-state index in [1.54, 1.807) is 11.8 Å². The molecule has 2 rings (SSSR count). The number of halogens is 1. The first-order valence-electron chi connectivity index (χ1n) is 9.78. The van der Waals surface area contributed by atoms with Gasteiger partial charge in [-0.15, -0.1) is 0 Å². The average Bonchev–Trinajstić information content (AvgIpc) is 2.69. The van der Waals surface area contributed by atoms with Crippen molar-refractivity contribution < 1.29 is 14.3 Å². The Hall–Kier alpha value is -2.34. The summed E-state index contributed by atoms with van der Waals surface area (Å²) in [5.74, 6) is 0.600. The maximum atomic E-state index is 13.0. The fourth-order valence-electron chi connectivity index (χ4n) is 2.81. The van der Waals surface area contributed by atoms with Crippen LogP contribution in [0.25, 0.3) is 0 Å². The molecule has 156 valence electrons. The summed E-state index contributed by atoms with van der Waals surface area (Å²) in [5.41, 5.74) is 1.90. The van der Waals surface area contributed by atoms with Crippen LogP contribution < -0.4 is 10.1 Å². The Morgan fingerprint density at radius 3 is 2.48 bits per heavy atom. The first-order chi connectivity index (χ1) is 13.8. The molecule has 0 spiro atoms. The largest absolute Gasteiger partial charge is 0.484 e. The van der Waals surface area contributed by atoms with E-state index >= 15 is 0 Å². The van der Waals surface area contributed by atoms with E-state index in [-0.39, 0.29) is 18.4 Å². The highest BCUT2D eigenvalue weighted by atomic mass is 79.9. The van der Waals surface area contributed by atoms with Crippen molar-refractivity contribution in [1.29, 1.82) is 0 Å². The van der Waals surface area contributed by atoms with Crippen LogP contribution in [0.2, 0.25) is 0 Å². The minimum atomic E-state index is -0.610. The van der Waals surface area contributed by atoms with E-state index in [1.165, 1.54) is 0 Å². The Morgan fingerprint density at radius 1 is 1.10 bits per heavy atom. The first-order valence-corrected chi connectivity index (χ1v) is 10.6. The highest BCUT2D eigenvalue weighted by Gasteiger charge is 2.26. The molecular formula is C23H29BrN2O3. The lowest BCUT2D eigenvalue weighted by molar-refractivity contribution is -0.142. The van der Waals surface area contributed by atoms with Gasteiger partial charge in [0.15, 0.2) is 6.61 Å². The standard InChI is InChI=1S/C23H29BrN2O3/c1-16(2)13-25-23(28)18(4)26(14-19-9-7-10-20(24)12-19)22(27)15-29-21-11-6-5-8-17(21)3/h5-12,16,18H,13-15H2,1-4H3,(H,25,28). The van der Waals surface area contributed by atoms with Crippen LogP contribution in [-0.2, 0) is 16.1 Å². The SMILES string of the molecule is Cc1ccccc1OCC(=O)N(Cc1cccc(Br)c1)C(C)C(=O)NCC(C)C. The van der Waals surface area contributed by atoms with Crippen LogP contribution in [-0.4, -0.2) is 35.9 Å². The van der Waals surface area contributed by atoms with Crippen molar-refractivity contribution in [1.82, 2.24) is 10.2 Å². The molecule has 2 amide bonds. The van der Waals surface area contributed by atoms with Crippen LogP contribution >= 0.6 is 15.9 Å². The number of carbonyl (C=O) groups is 2. The van der Waals surface area contributed by atoms with E-state index in [0.29, 0.717) is 24.8 Å². The number of nitrogens with zero attached hydrogens (tertiary/aromatic N) is 1. The fourth-order valence-corrected chi connectivity index (χ4v) is 3.25. The quantitative estimate of drug-likeness (QED) is 0.605. The number of aryl methyl sites for hydroxylation is 1. The maximum Gasteiger partial charge on any atom is 0.261 e. The van der Waals surface area contributed by atoms with Crippen molar-refractivity contribution in [2.75, 3.05) is 13.2 Å². The Bertz CT molecular complexity index is 838. The summed E-state index contributed by atoms with van der Waals surface area (Å²) >= 11 is 3.46. The van der Waals surface area contributed by atoms with Gasteiger partial charge in [0.25, 0.3) is 5.91 Å². The van der Waals surface area contributed by atoms with E-state index < -0.39 is 6.04 Å². The second-order valence-electron chi connectivity index (χ2n) is 7.52. The van der Waals surface area contributed by atoms with Gasteiger partial charge in [0.2, 0.25) is 5.91 Å². The van der Waals surface area contributed by atoms with Gasteiger partial charge < -0.3 is 15.0 Å². The van der Waals surface area contributed by atoms with Crippen LogP contribution in [0.15, 0.2) is 53.0 Å². The van der Waals surface area contributed by atoms with Gasteiger partial charge in [-0.05, 0) is 49.1 Å². The number of hydrogen-bond donors (Lipinski definition) is 1. The topological polar surface area (TPSA) is 58.6 Å². The molecule has 0 saturated carbocycles. The van der Waals surface area contributed by atoms with Gasteiger partial charge in [-0.2, -0.15) is 0 Å². The minimum absolute atomic E-state index is 0.124. The Morgan fingerprint density at radius 2 is 1.83 bits per heavy atom. The summed E-state index contributed by atoms with van der Waals surface area (Å²) < 4.78 is 6.66. The van der Waals surface area contributed by atoms with Crippen LogP contribution in [0.1, 0.15) is 31.9 Å². The first kappa shape index (κ1) is 22.9. The molecule has 0 radical (unpaired) electrons. The molecule has 1 atom stereocenters. The monoisotopic (exact) mass is 460 g/mol.